The van der Waals surface area contributed by atoms with E-state index in [-0.39, 0.29) is 18.1 Å². The van der Waals surface area contributed by atoms with Crippen LogP contribution in [0.2, 0.25) is 0 Å². The van der Waals surface area contributed by atoms with E-state index < -0.39 is 0 Å². The molecule has 3 nitrogen and oxygen atoms in total. The molecule has 0 aliphatic carbocycles. The highest BCUT2D eigenvalue weighted by Gasteiger charge is 2.09. The molecule has 3 aromatic rings. The van der Waals surface area contributed by atoms with Gasteiger partial charge in [0.15, 0.2) is 0 Å². The zero-order chi connectivity index (χ0) is 17.5. The number of hydrogen-bond donors (Lipinski definition) is 1. The summed E-state index contributed by atoms with van der Waals surface area (Å²) in [7, 11) is 0. The van der Waals surface area contributed by atoms with Gasteiger partial charge in [-0.25, -0.2) is 9.37 Å². The van der Waals surface area contributed by atoms with Gasteiger partial charge in [0.1, 0.15) is 10.8 Å². The van der Waals surface area contributed by atoms with Crippen molar-refractivity contribution >= 4 is 17.2 Å². The molecule has 0 bridgehead atoms. The molecule has 0 saturated carbocycles. The molecule has 1 aromatic heterocycles. The maximum atomic E-state index is 13.3. The van der Waals surface area contributed by atoms with Gasteiger partial charge in [-0.2, -0.15) is 0 Å². The number of halogens is 1. The molecule has 5 heteroatoms. The van der Waals surface area contributed by atoms with E-state index in [1.807, 2.05) is 29.6 Å². The molecule has 1 amide bonds. The predicted octanol–water partition coefficient (Wildman–Crippen LogP) is 4.24. The third-order valence-corrected chi connectivity index (χ3v) is 4.71. The lowest BCUT2D eigenvalue weighted by atomic mass is 10.1. The molecule has 128 valence electrons. The molecule has 0 unspecified atom stereocenters. The Morgan fingerprint density at radius 1 is 1.12 bits per heavy atom. The van der Waals surface area contributed by atoms with Gasteiger partial charge < -0.3 is 5.32 Å². The van der Waals surface area contributed by atoms with E-state index >= 15 is 0 Å². The van der Waals surface area contributed by atoms with Gasteiger partial charge in [0.2, 0.25) is 5.91 Å². The number of carbonyl (C=O) groups excluding carboxylic acids is 1. The lowest BCUT2D eigenvalue weighted by Crippen LogP contribution is -2.26. The fraction of sp³-hybridized carbons (Fsp3) is 0.200. The van der Waals surface area contributed by atoms with Crippen LogP contribution in [0.25, 0.3) is 10.6 Å². The molecule has 3 rings (SSSR count). The summed E-state index contributed by atoms with van der Waals surface area (Å²) >= 11 is 1.42. The van der Waals surface area contributed by atoms with Gasteiger partial charge in [-0.05, 0) is 30.5 Å². The van der Waals surface area contributed by atoms with Gasteiger partial charge in [0, 0.05) is 17.5 Å². The van der Waals surface area contributed by atoms with Crippen LogP contribution < -0.4 is 5.32 Å². The lowest BCUT2D eigenvalue weighted by Gasteiger charge is -2.04. The second-order valence-corrected chi connectivity index (χ2v) is 6.63. The predicted molar refractivity (Wildman–Crippen MR) is 99.0 cm³/mol. The summed E-state index contributed by atoms with van der Waals surface area (Å²) in [6, 6.07) is 16.5. The molecular weight excluding hydrogens is 335 g/mol. The zero-order valence-corrected chi connectivity index (χ0v) is 14.6. The van der Waals surface area contributed by atoms with Gasteiger partial charge in [-0.15, -0.1) is 11.3 Å². The molecule has 0 spiro atoms. The monoisotopic (exact) mass is 354 g/mol. The summed E-state index contributed by atoms with van der Waals surface area (Å²) in [6.07, 6.45) is 2.10. The quantitative estimate of drug-likeness (QED) is 0.645. The highest BCUT2D eigenvalue weighted by molar-refractivity contribution is 7.13. The van der Waals surface area contributed by atoms with E-state index in [2.05, 4.69) is 22.4 Å². The number of thiazole rings is 1. The Kier molecular flexibility index (Phi) is 5.90. The summed E-state index contributed by atoms with van der Waals surface area (Å²) in [5.74, 6) is -0.324. The molecule has 0 saturated heterocycles. The fourth-order valence-corrected chi connectivity index (χ4v) is 3.35. The first-order chi connectivity index (χ1) is 12.2. The number of carbonyl (C=O) groups is 1. The van der Waals surface area contributed by atoms with Crippen LogP contribution in [-0.4, -0.2) is 17.4 Å². The number of aromatic nitrogens is 1. The molecule has 0 aliphatic rings. The Hall–Kier alpha value is -2.53. The van der Waals surface area contributed by atoms with E-state index in [9.17, 15) is 9.18 Å². The van der Waals surface area contributed by atoms with Crippen LogP contribution in [-0.2, 0) is 17.6 Å². The van der Waals surface area contributed by atoms with E-state index in [0.717, 1.165) is 23.4 Å². The average molecular weight is 354 g/mol. The van der Waals surface area contributed by atoms with Crippen LogP contribution in [0.4, 0.5) is 4.39 Å². The minimum atomic E-state index is -0.287. The molecular formula is C20H19FN2OS. The number of nitrogens with one attached hydrogen (secondary N) is 1. The molecule has 25 heavy (non-hydrogen) atoms. The number of rotatable bonds is 7. The van der Waals surface area contributed by atoms with Crippen molar-refractivity contribution in [2.75, 3.05) is 6.54 Å². The van der Waals surface area contributed by atoms with Gasteiger partial charge in [-0.1, -0.05) is 42.5 Å². The third-order valence-electron chi connectivity index (χ3n) is 3.77. The maximum absolute atomic E-state index is 13.3. The van der Waals surface area contributed by atoms with Crippen molar-refractivity contribution in [3.63, 3.8) is 0 Å². The Labute approximate surface area is 150 Å². The van der Waals surface area contributed by atoms with E-state index in [4.69, 9.17) is 0 Å². The zero-order valence-electron chi connectivity index (χ0n) is 13.7. The van der Waals surface area contributed by atoms with Crippen molar-refractivity contribution in [2.45, 2.75) is 19.3 Å². The Balaban J connectivity index is 1.45. The van der Waals surface area contributed by atoms with Crippen LogP contribution in [0, 0.1) is 5.82 Å². The number of aryl methyl sites for hydroxylation is 1. The Morgan fingerprint density at radius 3 is 2.76 bits per heavy atom. The second-order valence-electron chi connectivity index (χ2n) is 5.77. The SMILES string of the molecule is O=C(Cc1csc(-c2cccc(F)c2)n1)NCCCc1ccccc1. The van der Waals surface area contributed by atoms with Gasteiger partial charge in [0.05, 0.1) is 12.1 Å². The number of nitrogens with zero attached hydrogens (tertiary/aromatic N) is 1. The molecule has 0 aliphatic heterocycles. The standard InChI is InChI=1S/C20H19FN2OS/c21-17-10-4-9-16(12-17)20-23-18(14-25-20)13-19(24)22-11-5-8-15-6-2-1-3-7-15/h1-4,6-7,9-10,12,14H,5,8,11,13H2,(H,22,24). The largest absolute Gasteiger partial charge is 0.356 e. The van der Waals surface area contributed by atoms with Crippen molar-refractivity contribution < 1.29 is 9.18 Å². The van der Waals surface area contributed by atoms with E-state index in [1.54, 1.807) is 6.07 Å². The van der Waals surface area contributed by atoms with Crippen LogP contribution in [0.5, 0.6) is 0 Å². The van der Waals surface area contributed by atoms with E-state index in [1.165, 1.54) is 29.0 Å². The number of benzene rings is 2. The van der Waals surface area contributed by atoms with Gasteiger partial charge in [-0.3, -0.25) is 4.79 Å². The molecule has 1 N–H and O–H groups in total. The van der Waals surface area contributed by atoms with Gasteiger partial charge in [0.25, 0.3) is 0 Å². The van der Waals surface area contributed by atoms with Crippen LogP contribution >= 0.6 is 11.3 Å². The topological polar surface area (TPSA) is 42.0 Å². The fourth-order valence-electron chi connectivity index (χ4n) is 2.53. The summed E-state index contributed by atoms with van der Waals surface area (Å²) in [5, 5.41) is 5.50. The maximum Gasteiger partial charge on any atom is 0.226 e. The number of amides is 1. The van der Waals surface area contributed by atoms with Crippen LogP contribution in [0.15, 0.2) is 60.0 Å². The summed E-state index contributed by atoms with van der Waals surface area (Å²) in [4.78, 5) is 16.4. The molecule has 0 fully saturated rings. The summed E-state index contributed by atoms with van der Waals surface area (Å²) < 4.78 is 13.3. The van der Waals surface area contributed by atoms with Crippen molar-refractivity contribution in [1.82, 2.24) is 10.3 Å². The number of hydrogen-bond acceptors (Lipinski definition) is 3. The smallest absolute Gasteiger partial charge is 0.226 e. The summed E-state index contributed by atoms with van der Waals surface area (Å²) in [6.45, 7) is 0.647. The first kappa shape index (κ1) is 17.3. The van der Waals surface area contributed by atoms with Crippen molar-refractivity contribution in [3.8, 4) is 10.6 Å². The van der Waals surface area contributed by atoms with Crippen molar-refractivity contribution in [3.05, 3.63) is 77.1 Å². The molecule has 2 aromatic carbocycles. The Bertz CT molecular complexity index is 832. The van der Waals surface area contributed by atoms with Crippen molar-refractivity contribution in [1.29, 1.82) is 0 Å². The minimum Gasteiger partial charge on any atom is -0.356 e. The van der Waals surface area contributed by atoms with Crippen LogP contribution in [0.1, 0.15) is 17.7 Å². The first-order valence-electron chi connectivity index (χ1n) is 8.22. The highest BCUT2D eigenvalue weighted by Crippen LogP contribution is 2.24. The van der Waals surface area contributed by atoms with Crippen molar-refractivity contribution in [2.24, 2.45) is 0 Å². The lowest BCUT2D eigenvalue weighted by molar-refractivity contribution is -0.120. The second kappa shape index (κ2) is 8.53. The average Bonchev–Trinajstić information content (AvgIpc) is 3.08. The highest BCUT2D eigenvalue weighted by atomic mass is 32.1. The third kappa shape index (κ3) is 5.22. The van der Waals surface area contributed by atoms with Crippen LogP contribution in [0.3, 0.4) is 0 Å². The Morgan fingerprint density at radius 2 is 1.96 bits per heavy atom. The minimum absolute atomic E-state index is 0.0378. The molecule has 0 atom stereocenters. The summed E-state index contributed by atoms with van der Waals surface area (Å²) in [5.41, 5.74) is 2.72. The molecule has 0 radical (unpaired) electrons. The first-order valence-corrected chi connectivity index (χ1v) is 9.09. The van der Waals surface area contributed by atoms with E-state index in [0.29, 0.717) is 12.2 Å². The van der Waals surface area contributed by atoms with Gasteiger partial charge >= 0.3 is 0 Å². The normalized spacial score (nSPS) is 10.6. The molecule has 1 heterocycles.